The molecule has 1 saturated heterocycles. The Morgan fingerprint density at radius 3 is 2.30 bits per heavy atom. The highest BCUT2D eigenvalue weighted by Gasteiger charge is 2.68. The van der Waals surface area contributed by atoms with Crippen molar-refractivity contribution in [3.63, 3.8) is 0 Å². The van der Waals surface area contributed by atoms with Gasteiger partial charge in [0.2, 0.25) is 5.72 Å². The van der Waals surface area contributed by atoms with Gasteiger partial charge < -0.3 is 9.47 Å². The van der Waals surface area contributed by atoms with Crippen LogP contribution >= 0.6 is 12.6 Å². The Balaban J connectivity index is 2.59. The van der Waals surface area contributed by atoms with Crippen molar-refractivity contribution in [2.24, 2.45) is 0 Å². The molecule has 126 valence electrons. The smallest absolute Gasteiger partial charge is 0.414 e. The third kappa shape index (κ3) is 3.03. The molecule has 1 aromatic carbocycles. The normalized spacial score (nSPS) is 26.8. The van der Waals surface area contributed by atoms with Crippen LogP contribution in [0.15, 0.2) is 30.3 Å². The van der Waals surface area contributed by atoms with Crippen LogP contribution in [0.1, 0.15) is 46.2 Å². The zero-order valence-electron chi connectivity index (χ0n) is 14.2. The van der Waals surface area contributed by atoms with Crippen LogP contribution < -0.4 is 0 Å². The van der Waals surface area contributed by atoms with Crippen LogP contribution in [-0.2, 0) is 9.47 Å². The Bertz CT molecular complexity index is 609. The number of hydrogen-bond donors (Lipinski definition) is 1. The number of amides is 2. The number of imide groups is 1. The van der Waals surface area contributed by atoms with Gasteiger partial charge in [-0.1, -0.05) is 30.3 Å². The van der Waals surface area contributed by atoms with Crippen molar-refractivity contribution in [1.29, 1.82) is 0 Å². The summed E-state index contributed by atoms with van der Waals surface area (Å²) >= 11 is 4.04. The first-order valence-electron chi connectivity index (χ1n) is 7.57. The lowest BCUT2D eigenvalue weighted by atomic mass is 10.0. The van der Waals surface area contributed by atoms with Gasteiger partial charge in [0, 0.05) is 19.4 Å². The molecule has 5 nitrogen and oxygen atoms in total. The van der Waals surface area contributed by atoms with E-state index in [0.29, 0.717) is 0 Å². The first-order valence-corrected chi connectivity index (χ1v) is 8.02. The molecule has 0 aromatic heterocycles. The third-order valence-electron chi connectivity index (χ3n) is 4.08. The summed E-state index contributed by atoms with van der Waals surface area (Å²) in [7, 11) is 0. The molecule has 1 aliphatic heterocycles. The molecule has 1 heterocycles. The second-order valence-corrected chi connectivity index (χ2v) is 7.55. The molecular formula is C17H24NO4S+. The third-order valence-corrected chi connectivity index (χ3v) is 4.39. The predicted octanol–water partition coefficient (Wildman–Crippen LogP) is 4.30. The van der Waals surface area contributed by atoms with Crippen LogP contribution in [0.5, 0.6) is 0 Å². The van der Waals surface area contributed by atoms with Crippen molar-refractivity contribution in [2.75, 3.05) is 6.61 Å². The molecule has 6 heteroatoms. The predicted molar refractivity (Wildman–Crippen MR) is 90.1 cm³/mol. The van der Waals surface area contributed by atoms with Crippen LogP contribution in [0.2, 0.25) is 0 Å². The van der Waals surface area contributed by atoms with Crippen molar-refractivity contribution >= 4 is 24.0 Å². The number of hydrogen-bond acceptors (Lipinski definition) is 4. The molecule has 0 N–H and O–H groups in total. The number of rotatable bonds is 1. The van der Waals surface area contributed by atoms with Crippen LogP contribution in [0.4, 0.5) is 9.59 Å². The molecular weight excluding hydrogens is 314 g/mol. The van der Waals surface area contributed by atoms with Gasteiger partial charge in [-0.25, -0.2) is 4.79 Å². The zero-order valence-corrected chi connectivity index (χ0v) is 15.1. The summed E-state index contributed by atoms with van der Waals surface area (Å²) in [6, 6.07) is 8.88. The fourth-order valence-electron chi connectivity index (χ4n) is 2.99. The maximum absolute atomic E-state index is 13.0. The van der Waals surface area contributed by atoms with E-state index in [1.807, 2.05) is 30.3 Å². The minimum atomic E-state index is -1.07. The van der Waals surface area contributed by atoms with E-state index in [4.69, 9.17) is 9.47 Å². The average molecular weight is 338 g/mol. The summed E-state index contributed by atoms with van der Waals surface area (Å²) in [5, 5.41) is -0.587. The van der Waals surface area contributed by atoms with Crippen LogP contribution in [0.3, 0.4) is 0 Å². The van der Waals surface area contributed by atoms with E-state index < -0.39 is 33.2 Å². The molecule has 2 rings (SSSR count). The standard InChI is InChI=1S/C17H23NO4S/c1-16(2,3)22-14(19)18(15(20)23)13(11-21-17(18,4)5)12-9-7-6-8-10-12/h6-10,13H,11H2,1-5H3/p+1/t13-,18?/m1/s1. The van der Waals surface area contributed by atoms with Gasteiger partial charge in [0.1, 0.15) is 12.2 Å². The lowest BCUT2D eigenvalue weighted by Crippen LogP contribution is -2.65. The van der Waals surface area contributed by atoms with E-state index in [1.165, 1.54) is 0 Å². The lowest BCUT2D eigenvalue weighted by molar-refractivity contribution is -0.854. The van der Waals surface area contributed by atoms with Crippen LogP contribution in [-0.4, -0.2) is 33.7 Å². The largest absolute Gasteiger partial charge is 0.527 e. The van der Waals surface area contributed by atoms with Crippen molar-refractivity contribution < 1.29 is 23.5 Å². The van der Waals surface area contributed by atoms with E-state index in [-0.39, 0.29) is 6.61 Å². The Morgan fingerprint density at radius 1 is 1.26 bits per heavy atom. The molecule has 1 fully saturated rings. The van der Waals surface area contributed by atoms with Crippen LogP contribution in [0, 0.1) is 0 Å². The van der Waals surface area contributed by atoms with E-state index in [2.05, 4.69) is 12.6 Å². The monoisotopic (exact) mass is 338 g/mol. The zero-order chi connectivity index (χ0) is 17.5. The van der Waals surface area contributed by atoms with Gasteiger partial charge in [0.25, 0.3) is 0 Å². The fraction of sp³-hybridized carbons (Fsp3) is 0.529. The quantitative estimate of drug-likeness (QED) is 0.613. The highest BCUT2D eigenvalue weighted by Crippen LogP contribution is 2.47. The van der Waals surface area contributed by atoms with Gasteiger partial charge >= 0.3 is 11.3 Å². The molecule has 1 aromatic rings. The van der Waals surface area contributed by atoms with Crippen molar-refractivity contribution in [2.45, 2.75) is 52.0 Å². The maximum atomic E-state index is 13.0. The highest BCUT2D eigenvalue weighted by atomic mass is 32.1. The number of carbonyl (C=O) groups is 2. The maximum Gasteiger partial charge on any atom is 0.527 e. The molecule has 0 bridgehead atoms. The molecule has 1 aliphatic rings. The van der Waals surface area contributed by atoms with Gasteiger partial charge in [-0.05, 0) is 33.4 Å². The van der Waals surface area contributed by atoms with Crippen LogP contribution in [0.25, 0.3) is 0 Å². The Hall–Kier alpha value is -1.37. The molecule has 0 radical (unpaired) electrons. The highest BCUT2D eigenvalue weighted by molar-refractivity contribution is 7.96. The van der Waals surface area contributed by atoms with Crippen molar-refractivity contribution in [1.82, 2.24) is 0 Å². The lowest BCUT2D eigenvalue weighted by Gasteiger charge is -2.40. The SMILES string of the molecule is CC(C)(C)OC(=O)[N+]1(C(=O)S)[C@@H](c2ccccc2)COC1(C)C. The molecule has 23 heavy (non-hydrogen) atoms. The molecule has 2 atom stereocenters. The second-order valence-electron chi connectivity index (χ2n) is 7.17. The minimum Gasteiger partial charge on any atom is -0.414 e. The number of thiol groups is 1. The Labute approximate surface area is 142 Å². The first kappa shape index (κ1) is 18.0. The summed E-state index contributed by atoms with van der Waals surface area (Å²) in [5.41, 5.74) is -0.945. The minimum absolute atomic E-state index is 0.239. The Morgan fingerprint density at radius 2 is 1.83 bits per heavy atom. The van der Waals surface area contributed by atoms with Crippen molar-refractivity contribution in [3.05, 3.63) is 35.9 Å². The molecule has 0 spiro atoms. The fourth-order valence-corrected chi connectivity index (χ4v) is 3.45. The molecule has 1 unspecified atom stereocenters. The number of ether oxygens (including phenoxy) is 2. The summed E-state index contributed by atoms with van der Waals surface area (Å²) in [6.07, 6.45) is -0.645. The molecule has 0 saturated carbocycles. The summed E-state index contributed by atoms with van der Waals surface area (Å²) in [5.74, 6) is 0. The number of benzene rings is 1. The van der Waals surface area contributed by atoms with E-state index >= 15 is 0 Å². The number of nitrogens with zero attached hydrogens (tertiary/aromatic N) is 1. The van der Waals surface area contributed by atoms with E-state index in [9.17, 15) is 9.59 Å². The van der Waals surface area contributed by atoms with E-state index in [0.717, 1.165) is 5.56 Å². The summed E-state index contributed by atoms with van der Waals surface area (Å²) in [4.78, 5) is 25.6. The van der Waals surface area contributed by atoms with Crippen molar-refractivity contribution in [3.8, 4) is 0 Å². The number of carbonyl (C=O) groups excluding carboxylic acids is 2. The van der Waals surface area contributed by atoms with Gasteiger partial charge in [-0.2, -0.15) is 4.79 Å². The molecule has 2 amide bonds. The van der Waals surface area contributed by atoms with E-state index in [1.54, 1.807) is 34.6 Å². The van der Waals surface area contributed by atoms with Gasteiger partial charge in [0.15, 0.2) is 6.04 Å². The number of quaternary nitrogens is 1. The molecule has 0 aliphatic carbocycles. The summed E-state index contributed by atoms with van der Waals surface area (Å²) < 4.78 is 10.8. The topological polar surface area (TPSA) is 52.6 Å². The average Bonchev–Trinajstić information content (AvgIpc) is 2.70. The Kier molecular flexibility index (Phi) is 4.63. The van der Waals surface area contributed by atoms with Gasteiger partial charge in [-0.3, -0.25) is 0 Å². The summed E-state index contributed by atoms with van der Waals surface area (Å²) in [6.45, 7) is 8.98. The van der Waals surface area contributed by atoms with Gasteiger partial charge in [0.05, 0.1) is 0 Å². The second kappa shape index (κ2) is 5.92. The van der Waals surface area contributed by atoms with Gasteiger partial charge in [-0.15, -0.1) is 4.48 Å². The first-order chi connectivity index (χ1) is 10.5.